The van der Waals surface area contributed by atoms with Gasteiger partial charge in [0.1, 0.15) is 0 Å². The van der Waals surface area contributed by atoms with Crippen LogP contribution in [0.2, 0.25) is 0 Å². The number of anilines is 1. The van der Waals surface area contributed by atoms with Crippen LogP contribution in [0.15, 0.2) is 54.9 Å². The molecule has 1 N–H and O–H groups in total. The Hall–Kier alpha value is -2.41. The van der Waals surface area contributed by atoms with Gasteiger partial charge in [-0.25, -0.2) is 8.42 Å². The van der Waals surface area contributed by atoms with Gasteiger partial charge in [-0.15, -0.1) is 0 Å². The van der Waals surface area contributed by atoms with Crippen molar-refractivity contribution < 1.29 is 13.2 Å². The van der Waals surface area contributed by atoms with E-state index in [1.165, 1.54) is 11.4 Å². The number of hydrogen-bond donors (Lipinski definition) is 1. The number of carbonyl (C=O) groups is 1. The maximum absolute atomic E-state index is 12.3. The molecule has 0 spiro atoms. The SMILES string of the molecule is CN(c1ccccc1)S(=O)(=O)CCNC(=O)CCCc1cccnc1. The maximum Gasteiger partial charge on any atom is 0.236 e. The van der Waals surface area contributed by atoms with Crippen molar-refractivity contribution in [1.82, 2.24) is 10.3 Å². The average molecular weight is 361 g/mol. The summed E-state index contributed by atoms with van der Waals surface area (Å²) >= 11 is 0. The lowest BCUT2D eigenvalue weighted by atomic mass is 10.1. The smallest absolute Gasteiger partial charge is 0.236 e. The molecule has 0 radical (unpaired) electrons. The number of sulfonamides is 1. The molecule has 1 amide bonds. The van der Waals surface area contributed by atoms with Gasteiger partial charge in [-0.05, 0) is 36.6 Å². The molecule has 0 bridgehead atoms. The number of nitrogens with zero attached hydrogens (tertiary/aromatic N) is 2. The molecule has 0 atom stereocenters. The van der Waals surface area contributed by atoms with Crippen molar-refractivity contribution in [3.8, 4) is 0 Å². The van der Waals surface area contributed by atoms with Crippen molar-refractivity contribution in [3.63, 3.8) is 0 Å². The predicted molar refractivity (Wildman–Crippen MR) is 98.8 cm³/mol. The molecule has 0 saturated carbocycles. The Bertz CT molecular complexity index is 765. The number of pyridine rings is 1. The molecule has 1 aromatic carbocycles. The Labute approximate surface area is 148 Å². The Kier molecular flexibility index (Phi) is 6.94. The summed E-state index contributed by atoms with van der Waals surface area (Å²) in [6.45, 7) is 0.102. The molecular weight excluding hydrogens is 338 g/mol. The predicted octanol–water partition coefficient (Wildman–Crippen LogP) is 1.99. The molecule has 6 nitrogen and oxygen atoms in total. The van der Waals surface area contributed by atoms with Gasteiger partial charge in [0, 0.05) is 32.4 Å². The third kappa shape index (κ3) is 6.19. The van der Waals surface area contributed by atoms with E-state index >= 15 is 0 Å². The molecule has 1 aromatic heterocycles. The van der Waals surface area contributed by atoms with Gasteiger partial charge in [0.2, 0.25) is 15.9 Å². The quantitative estimate of drug-likeness (QED) is 0.741. The highest BCUT2D eigenvalue weighted by Crippen LogP contribution is 2.15. The van der Waals surface area contributed by atoms with Crippen LogP contribution < -0.4 is 9.62 Å². The molecule has 134 valence electrons. The van der Waals surface area contributed by atoms with E-state index < -0.39 is 10.0 Å². The van der Waals surface area contributed by atoms with Crippen LogP contribution in [0.3, 0.4) is 0 Å². The van der Waals surface area contributed by atoms with Crippen LogP contribution in [0.5, 0.6) is 0 Å². The summed E-state index contributed by atoms with van der Waals surface area (Å²) in [7, 11) is -1.95. The largest absolute Gasteiger partial charge is 0.355 e. The lowest BCUT2D eigenvalue weighted by Crippen LogP contribution is -2.35. The highest BCUT2D eigenvalue weighted by Gasteiger charge is 2.18. The van der Waals surface area contributed by atoms with Crippen LogP contribution in [0.4, 0.5) is 5.69 Å². The first-order valence-corrected chi connectivity index (χ1v) is 9.77. The molecule has 2 aromatic rings. The molecule has 0 fully saturated rings. The first-order valence-electron chi connectivity index (χ1n) is 8.16. The van der Waals surface area contributed by atoms with Gasteiger partial charge in [-0.3, -0.25) is 14.1 Å². The molecule has 0 saturated heterocycles. The highest BCUT2D eigenvalue weighted by molar-refractivity contribution is 7.92. The summed E-state index contributed by atoms with van der Waals surface area (Å²) in [6.07, 6.45) is 5.33. The Morgan fingerprint density at radius 1 is 1.16 bits per heavy atom. The third-order valence-electron chi connectivity index (χ3n) is 3.81. The van der Waals surface area contributed by atoms with Crippen molar-refractivity contribution >= 4 is 21.6 Å². The van der Waals surface area contributed by atoms with E-state index in [4.69, 9.17) is 0 Å². The number of benzene rings is 1. The number of nitrogens with one attached hydrogen (secondary N) is 1. The molecule has 7 heteroatoms. The molecule has 0 aliphatic carbocycles. The van der Waals surface area contributed by atoms with Gasteiger partial charge < -0.3 is 5.32 Å². The van der Waals surface area contributed by atoms with Gasteiger partial charge in [0.05, 0.1) is 11.4 Å². The van der Waals surface area contributed by atoms with E-state index in [2.05, 4.69) is 10.3 Å². The van der Waals surface area contributed by atoms with Crippen LogP contribution in [0.25, 0.3) is 0 Å². The monoisotopic (exact) mass is 361 g/mol. The highest BCUT2D eigenvalue weighted by atomic mass is 32.2. The fourth-order valence-electron chi connectivity index (χ4n) is 2.34. The van der Waals surface area contributed by atoms with Crippen LogP contribution in [-0.4, -0.2) is 38.7 Å². The molecule has 0 aliphatic rings. The summed E-state index contributed by atoms with van der Waals surface area (Å²) in [5, 5.41) is 2.67. The first kappa shape index (κ1) is 18.9. The fourth-order valence-corrected chi connectivity index (χ4v) is 3.42. The van der Waals surface area contributed by atoms with E-state index in [-0.39, 0.29) is 18.2 Å². The second-order valence-electron chi connectivity index (χ2n) is 5.68. The van der Waals surface area contributed by atoms with Crippen molar-refractivity contribution in [2.45, 2.75) is 19.3 Å². The fraction of sp³-hybridized carbons (Fsp3) is 0.333. The summed E-state index contributed by atoms with van der Waals surface area (Å²) in [5.74, 6) is -0.270. The second-order valence-corrected chi connectivity index (χ2v) is 7.80. The minimum absolute atomic E-state index is 0.102. The van der Waals surface area contributed by atoms with Crippen LogP contribution >= 0.6 is 0 Å². The number of aryl methyl sites for hydroxylation is 1. The van der Waals surface area contributed by atoms with E-state index in [1.807, 2.05) is 18.2 Å². The van der Waals surface area contributed by atoms with Gasteiger partial charge in [0.25, 0.3) is 0 Å². The summed E-state index contributed by atoms with van der Waals surface area (Å²) in [4.78, 5) is 15.9. The second kappa shape index (κ2) is 9.17. The van der Waals surface area contributed by atoms with Crippen LogP contribution in [-0.2, 0) is 21.2 Å². The zero-order chi connectivity index (χ0) is 18.1. The number of rotatable bonds is 9. The van der Waals surface area contributed by atoms with E-state index in [9.17, 15) is 13.2 Å². The van der Waals surface area contributed by atoms with E-state index in [0.29, 0.717) is 18.5 Å². The van der Waals surface area contributed by atoms with Gasteiger partial charge in [-0.2, -0.15) is 0 Å². The van der Waals surface area contributed by atoms with Crippen LogP contribution in [0, 0.1) is 0 Å². The Morgan fingerprint density at radius 3 is 2.60 bits per heavy atom. The van der Waals surface area contributed by atoms with Gasteiger partial charge in [0.15, 0.2) is 0 Å². The average Bonchev–Trinajstić information content (AvgIpc) is 2.62. The van der Waals surface area contributed by atoms with E-state index in [1.54, 1.807) is 36.7 Å². The lowest BCUT2D eigenvalue weighted by Gasteiger charge is -2.19. The molecule has 1 heterocycles. The number of hydrogen-bond acceptors (Lipinski definition) is 4. The first-order chi connectivity index (χ1) is 12.0. The zero-order valence-corrected chi connectivity index (χ0v) is 15.1. The molecule has 2 rings (SSSR count). The van der Waals surface area contributed by atoms with Gasteiger partial charge >= 0.3 is 0 Å². The van der Waals surface area contributed by atoms with Crippen molar-refractivity contribution in [3.05, 3.63) is 60.4 Å². The minimum Gasteiger partial charge on any atom is -0.355 e. The number of aromatic nitrogens is 1. The molecule has 0 aliphatic heterocycles. The summed E-state index contributed by atoms with van der Waals surface area (Å²) < 4.78 is 25.8. The lowest BCUT2D eigenvalue weighted by molar-refractivity contribution is -0.121. The van der Waals surface area contributed by atoms with Crippen LogP contribution in [0.1, 0.15) is 18.4 Å². The van der Waals surface area contributed by atoms with Crippen molar-refractivity contribution in [2.75, 3.05) is 23.7 Å². The number of carbonyl (C=O) groups excluding carboxylic acids is 1. The summed E-state index contributed by atoms with van der Waals surface area (Å²) in [5.41, 5.74) is 1.69. The normalized spacial score (nSPS) is 11.1. The maximum atomic E-state index is 12.3. The van der Waals surface area contributed by atoms with Gasteiger partial charge in [-0.1, -0.05) is 24.3 Å². The molecular formula is C18H23N3O3S. The zero-order valence-electron chi connectivity index (χ0n) is 14.3. The Balaban J connectivity index is 1.71. The summed E-state index contributed by atoms with van der Waals surface area (Å²) in [6, 6.07) is 12.7. The number of amides is 1. The van der Waals surface area contributed by atoms with Crippen molar-refractivity contribution in [1.29, 1.82) is 0 Å². The van der Waals surface area contributed by atoms with E-state index in [0.717, 1.165) is 12.0 Å². The molecule has 0 unspecified atom stereocenters. The Morgan fingerprint density at radius 2 is 1.92 bits per heavy atom. The third-order valence-corrected chi connectivity index (χ3v) is 5.58. The number of para-hydroxylation sites is 1. The standard InChI is InChI=1S/C18H23N3O3S/c1-21(17-9-3-2-4-10-17)25(23,24)14-13-20-18(22)11-5-7-16-8-6-12-19-15-16/h2-4,6,8-10,12,15H,5,7,11,13-14H2,1H3,(H,20,22). The molecule has 25 heavy (non-hydrogen) atoms. The topological polar surface area (TPSA) is 79.4 Å². The van der Waals surface area contributed by atoms with Crippen molar-refractivity contribution in [2.24, 2.45) is 0 Å². The minimum atomic E-state index is -3.46.